The maximum atomic E-state index is 13.0. The predicted octanol–water partition coefficient (Wildman–Crippen LogP) is 3.54. The molecule has 2 N–H and O–H groups in total. The van der Waals surface area contributed by atoms with Crippen LogP contribution >= 0.6 is 0 Å². The molecule has 4 heteroatoms. The molecule has 0 aliphatic rings. The van der Waals surface area contributed by atoms with Gasteiger partial charge in [-0.05, 0) is 31.2 Å². The van der Waals surface area contributed by atoms with Gasteiger partial charge in [0, 0.05) is 17.8 Å². The Labute approximate surface area is 111 Å². The van der Waals surface area contributed by atoms with Gasteiger partial charge in [-0.25, -0.2) is 4.39 Å². The van der Waals surface area contributed by atoms with Crippen molar-refractivity contribution >= 4 is 5.69 Å². The lowest BCUT2D eigenvalue weighted by molar-refractivity contribution is 0.317. The molecule has 0 fully saturated rings. The molecule has 0 aliphatic heterocycles. The molecule has 0 aromatic heterocycles. The number of hydrogen-bond donors (Lipinski definition) is 2. The van der Waals surface area contributed by atoms with E-state index >= 15 is 0 Å². The van der Waals surface area contributed by atoms with Crippen molar-refractivity contribution < 1.29 is 14.2 Å². The van der Waals surface area contributed by atoms with E-state index in [1.54, 1.807) is 24.3 Å². The highest BCUT2D eigenvalue weighted by molar-refractivity contribution is 5.49. The van der Waals surface area contributed by atoms with Gasteiger partial charge >= 0.3 is 0 Å². The quantitative estimate of drug-likeness (QED) is 0.865. The molecule has 0 unspecified atom stereocenters. The molecule has 0 atom stereocenters. The van der Waals surface area contributed by atoms with Gasteiger partial charge in [-0.2, -0.15) is 0 Å². The summed E-state index contributed by atoms with van der Waals surface area (Å²) in [6.07, 6.45) is 0. The van der Waals surface area contributed by atoms with Crippen LogP contribution in [0.25, 0.3) is 0 Å². The van der Waals surface area contributed by atoms with Gasteiger partial charge in [-0.15, -0.1) is 0 Å². The van der Waals surface area contributed by atoms with Crippen LogP contribution in [0.4, 0.5) is 10.1 Å². The number of ether oxygens (including phenoxy) is 1. The van der Waals surface area contributed by atoms with Crippen LogP contribution in [0.3, 0.4) is 0 Å². The van der Waals surface area contributed by atoms with Crippen molar-refractivity contribution in [3.63, 3.8) is 0 Å². The van der Waals surface area contributed by atoms with Gasteiger partial charge in [0.05, 0.1) is 6.61 Å². The average molecular weight is 261 g/mol. The SMILES string of the molecule is CCOc1cccc(CNc2cccc(F)c2)c1O. The first-order valence-corrected chi connectivity index (χ1v) is 6.13. The summed E-state index contributed by atoms with van der Waals surface area (Å²) in [7, 11) is 0. The summed E-state index contributed by atoms with van der Waals surface area (Å²) < 4.78 is 18.3. The van der Waals surface area contributed by atoms with Gasteiger partial charge in [-0.1, -0.05) is 18.2 Å². The summed E-state index contributed by atoms with van der Waals surface area (Å²) >= 11 is 0. The Hall–Kier alpha value is -2.23. The van der Waals surface area contributed by atoms with Crippen LogP contribution in [-0.2, 0) is 6.54 Å². The van der Waals surface area contributed by atoms with Gasteiger partial charge in [0.15, 0.2) is 11.5 Å². The summed E-state index contributed by atoms with van der Waals surface area (Å²) in [5, 5.41) is 13.1. The fourth-order valence-electron chi connectivity index (χ4n) is 1.78. The van der Waals surface area contributed by atoms with Gasteiger partial charge in [0.25, 0.3) is 0 Å². The van der Waals surface area contributed by atoms with E-state index in [1.807, 2.05) is 13.0 Å². The topological polar surface area (TPSA) is 41.5 Å². The number of anilines is 1. The van der Waals surface area contributed by atoms with Gasteiger partial charge in [0.1, 0.15) is 5.82 Å². The molecular formula is C15H16FNO2. The number of para-hydroxylation sites is 1. The lowest BCUT2D eigenvalue weighted by atomic mass is 10.2. The zero-order chi connectivity index (χ0) is 13.7. The second-order valence-electron chi connectivity index (χ2n) is 4.06. The normalized spacial score (nSPS) is 10.2. The molecule has 2 aromatic rings. The third-order valence-electron chi connectivity index (χ3n) is 2.69. The maximum absolute atomic E-state index is 13.0. The molecule has 0 heterocycles. The summed E-state index contributed by atoms with van der Waals surface area (Å²) in [5.41, 5.74) is 1.37. The first-order chi connectivity index (χ1) is 9.20. The number of rotatable bonds is 5. The maximum Gasteiger partial charge on any atom is 0.162 e. The van der Waals surface area contributed by atoms with Crippen LogP contribution in [0, 0.1) is 5.82 Å². The van der Waals surface area contributed by atoms with E-state index in [4.69, 9.17) is 4.74 Å². The zero-order valence-electron chi connectivity index (χ0n) is 10.7. The van der Waals surface area contributed by atoms with Crippen LogP contribution in [0.2, 0.25) is 0 Å². The van der Waals surface area contributed by atoms with Gasteiger partial charge in [-0.3, -0.25) is 0 Å². The predicted molar refractivity (Wildman–Crippen MR) is 73.0 cm³/mol. The van der Waals surface area contributed by atoms with Crippen LogP contribution in [0.15, 0.2) is 42.5 Å². The molecule has 0 bridgehead atoms. The highest BCUT2D eigenvalue weighted by Crippen LogP contribution is 2.30. The number of halogens is 1. The van der Waals surface area contributed by atoms with E-state index < -0.39 is 0 Å². The molecule has 3 nitrogen and oxygen atoms in total. The van der Waals surface area contributed by atoms with Crippen molar-refractivity contribution in [2.45, 2.75) is 13.5 Å². The lowest BCUT2D eigenvalue weighted by Crippen LogP contribution is -2.01. The molecule has 0 saturated carbocycles. The third kappa shape index (κ3) is 3.37. The van der Waals surface area contributed by atoms with Crippen molar-refractivity contribution in [3.05, 3.63) is 53.8 Å². The van der Waals surface area contributed by atoms with E-state index in [2.05, 4.69) is 5.32 Å². The highest BCUT2D eigenvalue weighted by Gasteiger charge is 2.07. The van der Waals surface area contributed by atoms with E-state index in [-0.39, 0.29) is 11.6 Å². The smallest absolute Gasteiger partial charge is 0.162 e. The lowest BCUT2D eigenvalue weighted by Gasteiger charge is -2.11. The van der Waals surface area contributed by atoms with Crippen molar-refractivity contribution in [3.8, 4) is 11.5 Å². The monoisotopic (exact) mass is 261 g/mol. The largest absolute Gasteiger partial charge is 0.504 e. The minimum atomic E-state index is -0.294. The molecule has 0 aliphatic carbocycles. The summed E-state index contributed by atoms with van der Waals surface area (Å²) in [5.74, 6) is 0.284. The number of phenols is 1. The zero-order valence-corrected chi connectivity index (χ0v) is 10.7. The van der Waals surface area contributed by atoms with Crippen molar-refractivity contribution in [2.24, 2.45) is 0 Å². The highest BCUT2D eigenvalue weighted by atomic mass is 19.1. The van der Waals surface area contributed by atoms with Crippen molar-refractivity contribution in [1.82, 2.24) is 0 Å². The Kier molecular flexibility index (Phi) is 4.23. The second kappa shape index (κ2) is 6.09. The third-order valence-corrected chi connectivity index (χ3v) is 2.69. The molecule has 0 saturated heterocycles. The number of aromatic hydroxyl groups is 1. The summed E-state index contributed by atoms with van der Waals surface area (Å²) in [6, 6.07) is 11.5. The minimum Gasteiger partial charge on any atom is -0.504 e. The Morgan fingerprint density at radius 1 is 1.21 bits per heavy atom. The van der Waals surface area contributed by atoms with Crippen molar-refractivity contribution in [2.75, 3.05) is 11.9 Å². The molecule has 2 rings (SSSR count). The van der Waals surface area contributed by atoms with Crippen LogP contribution in [0.5, 0.6) is 11.5 Å². The first kappa shape index (κ1) is 13.2. The molecular weight excluding hydrogens is 245 g/mol. The van der Waals surface area contributed by atoms with Gasteiger partial charge in [0.2, 0.25) is 0 Å². The van der Waals surface area contributed by atoms with E-state index in [1.165, 1.54) is 12.1 Å². The van der Waals surface area contributed by atoms with E-state index in [0.717, 1.165) is 0 Å². The molecule has 0 amide bonds. The molecule has 2 aromatic carbocycles. The number of phenolic OH excluding ortho intramolecular Hbond substituents is 1. The molecule has 19 heavy (non-hydrogen) atoms. The fourth-order valence-corrected chi connectivity index (χ4v) is 1.78. The molecule has 0 radical (unpaired) electrons. The number of nitrogens with one attached hydrogen (secondary N) is 1. The van der Waals surface area contributed by atoms with Crippen LogP contribution < -0.4 is 10.1 Å². The Bertz CT molecular complexity index is 558. The van der Waals surface area contributed by atoms with Crippen molar-refractivity contribution in [1.29, 1.82) is 0 Å². The van der Waals surface area contributed by atoms with Gasteiger partial charge < -0.3 is 15.2 Å². The Morgan fingerprint density at radius 3 is 2.74 bits per heavy atom. The second-order valence-corrected chi connectivity index (χ2v) is 4.06. The van der Waals surface area contributed by atoms with E-state index in [0.29, 0.717) is 30.2 Å². The summed E-state index contributed by atoms with van der Waals surface area (Å²) in [6.45, 7) is 2.75. The summed E-state index contributed by atoms with van der Waals surface area (Å²) in [4.78, 5) is 0. The molecule has 100 valence electrons. The number of hydrogen-bond acceptors (Lipinski definition) is 3. The van der Waals surface area contributed by atoms with Crippen LogP contribution in [-0.4, -0.2) is 11.7 Å². The van der Waals surface area contributed by atoms with E-state index in [9.17, 15) is 9.50 Å². The fraction of sp³-hybridized carbons (Fsp3) is 0.200. The molecule has 0 spiro atoms. The average Bonchev–Trinajstić information content (AvgIpc) is 2.40. The first-order valence-electron chi connectivity index (χ1n) is 6.13. The standard InChI is InChI=1S/C15H16FNO2/c1-2-19-14-8-3-5-11(15(14)18)10-17-13-7-4-6-12(16)9-13/h3-9,17-18H,2,10H2,1H3. The Morgan fingerprint density at radius 2 is 2.00 bits per heavy atom. The number of benzene rings is 2. The van der Waals surface area contributed by atoms with Crippen LogP contribution in [0.1, 0.15) is 12.5 Å². The Balaban J connectivity index is 2.09. The minimum absolute atomic E-state index is 0.119.